The van der Waals surface area contributed by atoms with Gasteiger partial charge in [-0.3, -0.25) is 0 Å². The Morgan fingerprint density at radius 2 is 1.36 bits per heavy atom. The number of hydrogen-bond acceptors (Lipinski definition) is 1. The predicted molar refractivity (Wildman–Crippen MR) is 190 cm³/mol. The van der Waals surface area contributed by atoms with Gasteiger partial charge in [0.05, 0.1) is 8.07 Å². The molecule has 0 aliphatic rings. The van der Waals surface area contributed by atoms with Crippen LogP contribution in [0.1, 0.15) is 34.7 Å². The molecule has 0 saturated heterocycles. The van der Waals surface area contributed by atoms with Gasteiger partial charge in [-0.25, -0.2) is 11.1 Å². The van der Waals surface area contributed by atoms with Crippen LogP contribution >= 0.6 is 0 Å². The summed E-state index contributed by atoms with van der Waals surface area (Å²) < 4.78 is 22.5. The van der Waals surface area contributed by atoms with Crippen molar-refractivity contribution in [3.63, 3.8) is 0 Å². The van der Waals surface area contributed by atoms with E-state index in [0.29, 0.717) is 5.56 Å². The number of benzene rings is 5. The molecule has 0 fully saturated rings. The standard InChI is InChI=1S/C21H22NSi.C21H18.Ir/c1-16-10-12-18(13-11-16)20-14-19(17-8-6-5-7-9-17)21(15-22-20)23(2,3)4;1-21(2,19-13-7-4-8-14-19)20-15-9-12-18(16-20)17-10-5-3-6-11-17;/h5-12,14-15H,1-4H3;3-10,13-16H,1-2H3;/q-1;-2;+3/i1D3;;. The summed E-state index contributed by atoms with van der Waals surface area (Å²) in [7, 11) is -1.57. The molecule has 1 heterocycles. The summed E-state index contributed by atoms with van der Waals surface area (Å²) in [6, 6.07) is 52.1. The number of hydrogen-bond donors (Lipinski definition) is 0. The van der Waals surface area contributed by atoms with E-state index in [0.717, 1.165) is 22.4 Å². The van der Waals surface area contributed by atoms with E-state index in [2.05, 4.69) is 123 Å². The molecule has 45 heavy (non-hydrogen) atoms. The third kappa shape index (κ3) is 8.44. The molecule has 3 heteroatoms. The molecule has 1 nitrogen and oxygen atoms in total. The van der Waals surface area contributed by atoms with E-state index >= 15 is 0 Å². The van der Waals surface area contributed by atoms with E-state index in [1.54, 1.807) is 18.2 Å². The maximum absolute atomic E-state index is 7.49. The first-order chi connectivity index (χ1) is 22.3. The largest absolute Gasteiger partial charge is 3.00 e. The molecule has 226 valence electrons. The third-order valence-electron chi connectivity index (χ3n) is 7.90. The van der Waals surface area contributed by atoms with E-state index in [-0.39, 0.29) is 25.5 Å². The minimum absolute atomic E-state index is 0. The van der Waals surface area contributed by atoms with Gasteiger partial charge in [0.25, 0.3) is 0 Å². The minimum Gasteiger partial charge on any atom is -0.305 e. The summed E-state index contributed by atoms with van der Waals surface area (Å²) in [5, 5.41) is 1.31. The van der Waals surface area contributed by atoms with Crippen molar-refractivity contribution in [1.82, 2.24) is 4.98 Å². The molecule has 6 aromatic rings. The van der Waals surface area contributed by atoms with Gasteiger partial charge in [0.15, 0.2) is 0 Å². The number of aromatic nitrogens is 1. The first-order valence-electron chi connectivity index (χ1n) is 16.5. The smallest absolute Gasteiger partial charge is 0.305 e. The summed E-state index contributed by atoms with van der Waals surface area (Å²) in [5.74, 6) is 0. The topological polar surface area (TPSA) is 12.9 Å². The van der Waals surface area contributed by atoms with Crippen molar-refractivity contribution in [3.8, 4) is 33.5 Å². The van der Waals surface area contributed by atoms with Crippen molar-refractivity contribution in [3.05, 3.63) is 168 Å². The Bertz CT molecular complexity index is 1900. The molecule has 0 aliphatic heterocycles. The number of nitrogens with zero attached hydrogens (tertiary/aromatic N) is 1. The van der Waals surface area contributed by atoms with Crippen molar-refractivity contribution in [2.24, 2.45) is 0 Å². The zero-order chi connectivity index (χ0) is 33.7. The van der Waals surface area contributed by atoms with Crippen LogP contribution < -0.4 is 5.19 Å². The number of aryl methyl sites for hydroxylation is 1. The Morgan fingerprint density at radius 1 is 0.667 bits per heavy atom. The Kier molecular flexibility index (Phi) is 9.89. The van der Waals surface area contributed by atoms with Gasteiger partial charge in [-0.2, -0.15) is 42.5 Å². The zero-order valence-electron chi connectivity index (χ0n) is 29.5. The molecule has 0 spiro atoms. The van der Waals surface area contributed by atoms with E-state index in [1.165, 1.54) is 27.4 Å². The second-order valence-electron chi connectivity index (χ2n) is 12.5. The maximum Gasteiger partial charge on any atom is 3.00 e. The molecule has 0 bridgehead atoms. The molecule has 0 radical (unpaired) electrons. The van der Waals surface area contributed by atoms with Crippen LogP contribution in [0, 0.1) is 25.1 Å². The second-order valence-corrected chi connectivity index (χ2v) is 17.5. The Balaban J connectivity index is 0.000000217. The van der Waals surface area contributed by atoms with Gasteiger partial charge in [0, 0.05) is 10.3 Å². The Morgan fingerprint density at radius 3 is 1.98 bits per heavy atom. The fourth-order valence-corrected chi connectivity index (χ4v) is 6.71. The molecule has 0 atom stereocenters. The zero-order valence-corrected chi connectivity index (χ0v) is 29.9. The van der Waals surface area contributed by atoms with Crippen LogP contribution in [-0.4, -0.2) is 13.1 Å². The molecule has 0 saturated carbocycles. The normalized spacial score (nSPS) is 12.4. The monoisotopic (exact) mass is 782 g/mol. The Hall–Kier alpha value is -3.88. The fraction of sp³-hybridized carbons (Fsp3) is 0.167. The van der Waals surface area contributed by atoms with Gasteiger partial charge in [-0.05, 0) is 33.0 Å². The quantitative estimate of drug-likeness (QED) is 0.121. The summed E-state index contributed by atoms with van der Waals surface area (Å²) >= 11 is 0. The van der Waals surface area contributed by atoms with Crippen molar-refractivity contribution < 1.29 is 24.2 Å². The summed E-state index contributed by atoms with van der Waals surface area (Å²) in [4.78, 5) is 4.66. The van der Waals surface area contributed by atoms with Gasteiger partial charge in [0.2, 0.25) is 0 Å². The van der Waals surface area contributed by atoms with Crippen LogP contribution in [0.2, 0.25) is 19.6 Å². The van der Waals surface area contributed by atoms with Crippen LogP contribution in [-0.2, 0) is 25.5 Å². The number of rotatable bonds is 6. The Labute approximate surface area is 289 Å². The molecule has 0 unspecified atom stereocenters. The minimum atomic E-state index is -2.11. The molecule has 5 aromatic carbocycles. The molecule has 0 amide bonds. The average molecular weight is 782 g/mol. The molecular weight excluding hydrogens is 739 g/mol. The van der Waals surface area contributed by atoms with Crippen LogP contribution in [0.25, 0.3) is 33.5 Å². The van der Waals surface area contributed by atoms with Crippen molar-refractivity contribution in [1.29, 1.82) is 0 Å². The van der Waals surface area contributed by atoms with Gasteiger partial charge in [0.1, 0.15) is 0 Å². The summed E-state index contributed by atoms with van der Waals surface area (Å²) in [6.45, 7) is 9.35. The molecule has 1 aromatic heterocycles. The predicted octanol–water partition coefficient (Wildman–Crippen LogP) is 10.3. The molecule has 0 N–H and O–H groups in total. The van der Waals surface area contributed by atoms with Gasteiger partial charge in [-0.1, -0.05) is 107 Å². The van der Waals surface area contributed by atoms with Crippen LogP contribution in [0.3, 0.4) is 0 Å². The third-order valence-corrected chi connectivity index (χ3v) is 9.92. The van der Waals surface area contributed by atoms with Crippen molar-refractivity contribution >= 4 is 13.3 Å². The molecule has 6 rings (SSSR count). The SMILES string of the molecule is CC(C)(c1ccccc1)c1cc[c-]c(-c2[c-]cccc2)c1.[2H]C([2H])([2H])c1c[c-]c(-c2cc(-c3ccccc3)c([Si](C)(C)C)cn2)cc1.[Ir+3]. The van der Waals surface area contributed by atoms with Crippen LogP contribution in [0.4, 0.5) is 0 Å². The van der Waals surface area contributed by atoms with E-state index < -0.39 is 14.9 Å². The van der Waals surface area contributed by atoms with Gasteiger partial charge < -0.3 is 4.98 Å². The first kappa shape index (κ1) is 29.8. The first-order valence-corrected chi connectivity index (χ1v) is 18.5. The molecule has 0 aliphatic carbocycles. The van der Waals surface area contributed by atoms with E-state index in [1.807, 2.05) is 48.7 Å². The maximum atomic E-state index is 7.49. The van der Waals surface area contributed by atoms with Crippen molar-refractivity contribution in [2.45, 2.75) is 45.8 Å². The van der Waals surface area contributed by atoms with Crippen LogP contribution in [0.15, 0.2) is 134 Å². The van der Waals surface area contributed by atoms with Crippen molar-refractivity contribution in [2.75, 3.05) is 0 Å². The van der Waals surface area contributed by atoms with Gasteiger partial charge in [-0.15, -0.1) is 53.1 Å². The second kappa shape index (κ2) is 14.9. The average Bonchev–Trinajstić information content (AvgIpc) is 3.09. The van der Waals surface area contributed by atoms with Gasteiger partial charge >= 0.3 is 20.1 Å². The summed E-state index contributed by atoms with van der Waals surface area (Å²) in [5.41, 5.74) is 9.04. The summed E-state index contributed by atoms with van der Waals surface area (Å²) in [6.07, 6.45) is 1.98. The van der Waals surface area contributed by atoms with E-state index in [9.17, 15) is 0 Å². The fourth-order valence-electron chi connectivity index (χ4n) is 5.23. The number of pyridine rings is 1. The van der Waals surface area contributed by atoms with E-state index in [4.69, 9.17) is 4.11 Å². The molecular formula is C42H40IrNSi. The van der Waals surface area contributed by atoms with Crippen LogP contribution in [0.5, 0.6) is 0 Å².